The lowest BCUT2D eigenvalue weighted by atomic mass is 10.1. The number of ketones is 1. The van der Waals surface area contributed by atoms with Crippen molar-refractivity contribution >= 4 is 33.5 Å². The van der Waals surface area contributed by atoms with E-state index in [-0.39, 0.29) is 5.78 Å². The van der Waals surface area contributed by atoms with Gasteiger partial charge in [-0.1, -0.05) is 15.9 Å². The lowest BCUT2D eigenvalue weighted by Gasteiger charge is -2.04. The molecule has 0 atom stereocenters. The van der Waals surface area contributed by atoms with Crippen molar-refractivity contribution in [3.8, 4) is 0 Å². The van der Waals surface area contributed by atoms with Crippen LogP contribution in [-0.4, -0.2) is 17.0 Å². The summed E-state index contributed by atoms with van der Waals surface area (Å²) in [6, 6.07) is 4.69. The van der Waals surface area contributed by atoms with Crippen LogP contribution in [0.5, 0.6) is 0 Å². The molecule has 4 nitrogen and oxygen atoms in total. The largest absolute Gasteiger partial charge is 0.465 e. The molecule has 1 aromatic rings. The van der Waals surface area contributed by atoms with E-state index in [1.54, 1.807) is 12.1 Å². The second kappa shape index (κ2) is 4.23. The van der Waals surface area contributed by atoms with Gasteiger partial charge in [-0.05, 0) is 25.1 Å². The summed E-state index contributed by atoms with van der Waals surface area (Å²) in [6.45, 7) is 1.42. The third-order valence-electron chi connectivity index (χ3n) is 1.60. The molecular weight excluding hydrogens is 250 g/mol. The SMILES string of the molecule is CC(=O)c1cc(NC(=O)O)ccc1Br. The number of carbonyl (C=O) groups is 2. The standard InChI is InChI=1S/C9H8BrNO3/c1-5(12)7-4-6(11-9(13)14)2-3-8(7)10/h2-4,11H,1H3,(H,13,14). The van der Waals surface area contributed by atoms with E-state index in [4.69, 9.17) is 5.11 Å². The van der Waals surface area contributed by atoms with Crippen molar-refractivity contribution in [2.75, 3.05) is 5.32 Å². The van der Waals surface area contributed by atoms with E-state index in [1.165, 1.54) is 13.0 Å². The summed E-state index contributed by atoms with van der Waals surface area (Å²) >= 11 is 3.20. The zero-order valence-electron chi connectivity index (χ0n) is 7.37. The van der Waals surface area contributed by atoms with E-state index in [2.05, 4.69) is 21.2 Å². The molecule has 1 amide bonds. The van der Waals surface area contributed by atoms with Crippen LogP contribution in [0.25, 0.3) is 0 Å². The Morgan fingerprint density at radius 1 is 1.43 bits per heavy atom. The van der Waals surface area contributed by atoms with Crippen molar-refractivity contribution in [2.24, 2.45) is 0 Å². The van der Waals surface area contributed by atoms with Gasteiger partial charge in [-0.2, -0.15) is 0 Å². The first-order valence-corrected chi connectivity index (χ1v) is 4.60. The fourth-order valence-electron chi connectivity index (χ4n) is 0.996. The molecule has 0 fully saturated rings. The molecule has 0 aliphatic rings. The van der Waals surface area contributed by atoms with E-state index in [9.17, 15) is 9.59 Å². The Balaban J connectivity index is 3.06. The fourth-order valence-corrected chi connectivity index (χ4v) is 1.52. The highest BCUT2D eigenvalue weighted by Crippen LogP contribution is 2.21. The first-order valence-electron chi connectivity index (χ1n) is 3.81. The maximum absolute atomic E-state index is 11.1. The Kier molecular flexibility index (Phi) is 3.24. The summed E-state index contributed by atoms with van der Waals surface area (Å²) in [4.78, 5) is 21.4. The molecule has 0 heterocycles. The number of hydrogen-bond donors (Lipinski definition) is 2. The molecule has 0 unspecified atom stereocenters. The van der Waals surface area contributed by atoms with Gasteiger partial charge < -0.3 is 5.11 Å². The molecule has 2 N–H and O–H groups in total. The summed E-state index contributed by atoms with van der Waals surface area (Å²) < 4.78 is 0.654. The second-order valence-corrected chi connectivity index (χ2v) is 3.54. The van der Waals surface area contributed by atoms with Crippen molar-refractivity contribution in [3.63, 3.8) is 0 Å². The number of benzene rings is 1. The highest BCUT2D eigenvalue weighted by atomic mass is 79.9. The average molecular weight is 258 g/mol. The predicted molar refractivity (Wildman–Crippen MR) is 55.8 cm³/mol. The Morgan fingerprint density at radius 3 is 2.57 bits per heavy atom. The molecule has 0 aliphatic heterocycles. The lowest BCUT2D eigenvalue weighted by Crippen LogP contribution is -2.08. The summed E-state index contributed by atoms with van der Waals surface area (Å²) in [7, 11) is 0. The third-order valence-corrected chi connectivity index (χ3v) is 2.29. The highest BCUT2D eigenvalue weighted by molar-refractivity contribution is 9.10. The molecule has 5 heteroatoms. The fraction of sp³-hybridized carbons (Fsp3) is 0.111. The average Bonchev–Trinajstić information content (AvgIpc) is 2.07. The molecule has 74 valence electrons. The number of rotatable bonds is 2. The van der Waals surface area contributed by atoms with E-state index in [0.29, 0.717) is 15.7 Å². The van der Waals surface area contributed by atoms with Crippen molar-refractivity contribution in [1.29, 1.82) is 0 Å². The number of hydrogen-bond acceptors (Lipinski definition) is 2. The maximum atomic E-state index is 11.1. The zero-order valence-corrected chi connectivity index (χ0v) is 8.96. The molecule has 1 rings (SSSR count). The quantitative estimate of drug-likeness (QED) is 0.801. The Bertz CT molecular complexity index is 390. The molecule has 0 saturated heterocycles. The van der Waals surface area contributed by atoms with Crippen LogP contribution in [0.3, 0.4) is 0 Å². The van der Waals surface area contributed by atoms with E-state index < -0.39 is 6.09 Å². The molecule has 0 aromatic heterocycles. The lowest BCUT2D eigenvalue weighted by molar-refractivity contribution is 0.101. The van der Waals surface area contributed by atoms with Crippen LogP contribution in [-0.2, 0) is 0 Å². The third kappa shape index (κ3) is 2.56. The van der Waals surface area contributed by atoms with Gasteiger partial charge in [-0.15, -0.1) is 0 Å². The van der Waals surface area contributed by atoms with Crippen molar-refractivity contribution in [1.82, 2.24) is 0 Å². The molecule has 1 aromatic carbocycles. The molecule has 14 heavy (non-hydrogen) atoms. The summed E-state index contributed by atoms with van der Waals surface area (Å²) in [5.41, 5.74) is 0.835. The van der Waals surface area contributed by atoms with Crippen molar-refractivity contribution in [2.45, 2.75) is 6.92 Å². The minimum absolute atomic E-state index is 0.120. The Morgan fingerprint density at radius 2 is 2.07 bits per heavy atom. The summed E-state index contributed by atoms with van der Waals surface area (Å²) in [5, 5.41) is 10.6. The number of anilines is 1. The van der Waals surface area contributed by atoms with Gasteiger partial charge in [0.2, 0.25) is 0 Å². The molecule has 0 bridgehead atoms. The van der Waals surface area contributed by atoms with Gasteiger partial charge in [0.15, 0.2) is 5.78 Å². The first kappa shape index (κ1) is 10.7. The van der Waals surface area contributed by atoms with Gasteiger partial charge in [0.25, 0.3) is 0 Å². The van der Waals surface area contributed by atoms with Gasteiger partial charge in [0.05, 0.1) is 0 Å². The smallest absolute Gasteiger partial charge is 0.409 e. The van der Waals surface area contributed by atoms with Crippen LogP contribution in [0.15, 0.2) is 22.7 Å². The van der Waals surface area contributed by atoms with Gasteiger partial charge in [0, 0.05) is 15.7 Å². The van der Waals surface area contributed by atoms with Crippen molar-refractivity contribution in [3.05, 3.63) is 28.2 Å². The monoisotopic (exact) mass is 257 g/mol. The molecule has 0 aliphatic carbocycles. The summed E-state index contributed by atoms with van der Waals surface area (Å²) in [6.07, 6.45) is -1.15. The maximum Gasteiger partial charge on any atom is 0.409 e. The van der Waals surface area contributed by atoms with Crippen LogP contribution < -0.4 is 5.32 Å². The van der Waals surface area contributed by atoms with Crippen molar-refractivity contribution < 1.29 is 14.7 Å². The van der Waals surface area contributed by atoms with Crippen LogP contribution in [0.4, 0.5) is 10.5 Å². The first-order chi connectivity index (χ1) is 6.50. The van der Waals surface area contributed by atoms with Gasteiger partial charge in [-0.3, -0.25) is 10.1 Å². The van der Waals surface area contributed by atoms with Crippen LogP contribution >= 0.6 is 15.9 Å². The van der Waals surface area contributed by atoms with Crippen LogP contribution in [0, 0.1) is 0 Å². The summed E-state index contributed by atoms with van der Waals surface area (Å²) in [5.74, 6) is -0.120. The molecular formula is C9H8BrNO3. The second-order valence-electron chi connectivity index (χ2n) is 2.68. The molecule has 0 radical (unpaired) electrons. The molecule has 0 spiro atoms. The molecule has 0 saturated carbocycles. The number of halogens is 1. The Hall–Kier alpha value is -1.36. The topological polar surface area (TPSA) is 66.4 Å². The van der Waals surface area contributed by atoms with Gasteiger partial charge >= 0.3 is 6.09 Å². The van der Waals surface area contributed by atoms with E-state index >= 15 is 0 Å². The van der Waals surface area contributed by atoms with E-state index in [1.807, 2.05) is 0 Å². The number of nitrogens with one attached hydrogen (secondary N) is 1. The highest BCUT2D eigenvalue weighted by Gasteiger charge is 2.07. The Labute approximate surface area is 89.1 Å². The van der Waals surface area contributed by atoms with Gasteiger partial charge in [-0.25, -0.2) is 4.79 Å². The normalized spacial score (nSPS) is 9.57. The number of carbonyl (C=O) groups excluding carboxylic acids is 1. The van der Waals surface area contributed by atoms with Crippen LogP contribution in [0.2, 0.25) is 0 Å². The number of carboxylic acid groups (broad SMARTS) is 1. The predicted octanol–water partition coefficient (Wildman–Crippen LogP) is 2.74. The minimum Gasteiger partial charge on any atom is -0.465 e. The van der Waals surface area contributed by atoms with Gasteiger partial charge in [0.1, 0.15) is 0 Å². The van der Waals surface area contributed by atoms with E-state index in [0.717, 1.165) is 0 Å². The minimum atomic E-state index is -1.15. The zero-order chi connectivity index (χ0) is 10.7. The number of Topliss-reactive ketones (excluding diaryl/α,β-unsaturated/α-hetero) is 1. The van der Waals surface area contributed by atoms with Crippen LogP contribution in [0.1, 0.15) is 17.3 Å². The number of amides is 1.